The predicted molar refractivity (Wildman–Crippen MR) is 124 cm³/mol. The summed E-state index contributed by atoms with van der Waals surface area (Å²) in [5.41, 5.74) is 1.27. The molecule has 8 nitrogen and oxygen atoms in total. The van der Waals surface area contributed by atoms with Crippen LogP contribution in [-0.4, -0.2) is 76.9 Å². The largest absolute Gasteiger partial charge is 0.497 e. The third kappa shape index (κ3) is 6.19. The number of guanidine groups is 1. The molecule has 0 radical (unpaired) electrons. The molecule has 8 heteroatoms. The van der Waals surface area contributed by atoms with Crippen LogP contribution in [0.25, 0.3) is 0 Å². The van der Waals surface area contributed by atoms with E-state index in [1.165, 1.54) is 24.9 Å². The molecule has 1 unspecified atom stereocenters. The summed E-state index contributed by atoms with van der Waals surface area (Å²) in [6.45, 7) is 8.81. The molecular weight excluding hydrogens is 390 g/mol. The van der Waals surface area contributed by atoms with Gasteiger partial charge < -0.3 is 19.5 Å². The van der Waals surface area contributed by atoms with Crippen LogP contribution in [0, 0.1) is 6.92 Å². The lowest BCUT2D eigenvalue weighted by Gasteiger charge is -2.30. The highest BCUT2D eigenvalue weighted by Crippen LogP contribution is 2.17. The number of methoxy groups -OCH3 is 1. The van der Waals surface area contributed by atoms with E-state index < -0.39 is 0 Å². The molecule has 0 saturated carbocycles. The summed E-state index contributed by atoms with van der Waals surface area (Å²) in [6.07, 6.45) is 3.45. The molecule has 170 valence electrons. The van der Waals surface area contributed by atoms with E-state index in [9.17, 15) is 0 Å². The third-order valence-electron chi connectivity index (χ3n) is 6.16. The molecule has 0 amide bonds. The van der Waals surface area contributed by atoms with E-state index >= 15 is 0 Å². The van der Waals surface area contributed by atoms with Gasteiger partial charge in [-0.1, -0.05) is 19.1 Å². The van der Waals surface area contributed by atoms with Crippen LogP contribution in [-0.2, 0) is 20.0 Å². The number of likely N-dealkylation sites (N-methyl/N-ethyl adjacent to an activating group) is 2. The molecule has 3 rings (SSSR count). The van der Waals surface area contributed by atoms with Gasteiger partial charge in [0.25, 0.3) is 0 Å². The molecule has 1 N–H and O–H groups in total. The molecule has 1 saturated heterocycles. The van der Waals surface area contributed by atoms with Crippen molar-refractivity contribution < 1.29 is 4.74 Å². The Balaban J connectivity index is 1.65. The molecule has 0 spiro atoms. The molecule has 1 aromatic carbocycles. The number of aryl methyl sites for hydroxylation is 1. The van der Waals surface area contributed by atoms with Gasteiger partial charge in [0.1, 0.15) is 18.1 Å². The highest BCUT2D eigenvalue weighted by Gasteiger charge is 2.25. The van der Waals surface area contributed by atoms with E-state index in [1.807, 2.05) is 30.7 Å². The van der Waals surface area contributed by atoms with Crippen LogP contribution in [0.15, 0.2) is 29.3 Å². The Labute approximate surface area is 186 Å². The number of likely N-dealkylation sites (tertiary alicyclic amines) is 1. The van der Waals surface area contributed by atoms with E-state index in [2.05, 4.69) is 51.4 Å². The Hall–Kier alpha value is -2.61. The maximum atomic E-state index is 5.25. The van der Waals surface area contributed by atoms with Crippen molar-refractivity contribution in [2.75, 3.05) is 40.3 Å². The zero-order chi connectivity index (χ0) is 22.2. The van der Waals surface area contributed by atoms with Crippen LogP contribution in [0.5, 0.6) is 5.75 Å². The first-order valence-corrected chi connectivity index (χ1v) is 11.2. The first kappa shape index (κ1) is 23.1. The maximum absolute atomic E-state index is 5.25. The Morgan fingerprint density at radius 1 is 1.29 bits per heavy atom. The molecular formula is C23H37N7O. The van der Waals surface area contributed by atoms with Crippen LogP contribution in [0.1, 0.15) is 37.0 Å². The number of aromatic nitrogens is 3. The summed E-state index contributed by atoms with van der Waals surface area (Å²) in [6, 6.07) is 8.82. The van der Waals surface area contributed by atoms with Gasteiger partial charge in [0.15, 0.2) is 11.8 Å². The monoisotopic (exact) mass is 427 g/mol. The minimum atomic E-state index is 0.509. The summed E-state index contributed by atoms with van der Waals surface area (Å²) in [4.78, 5) is 9.72. The standard InChI is InChI=1S/C23H37N7O/c1-6-30-15-7-8-20(30)17-28(3)23(25-16-22-27-26-18(2)29(22)4)24-14-13-19-9-11-21(31-5)12-10-19/h9-12,20H,6-8,13-17H2,1-5H3,(H,24,25). The number of nitrogens with zero attached hydrogens (tertiary/aromatic N) is 6. The lowest BCUT2D eigenvalue weighted by atomic mass is 10.1. The maximum Gasteiger partial charge on any atom is 0.194 e. The second-order valence-electron chi connectivity index (χ2n) is 8.19. The fraction of sp³-hybridized carbons (Fsp3) is 0.609. The Kier molecular flexibility index (Phi) is 8.28. The van der Waals surface area contributed by atoms with Gasteiger partial charge in [-0.2, -0.15) is 0 Å². The summed E-state index contributed by atoms with van der Waals surface area (Å²) < 4.78 is 7.25. The van der Waals surface area contributed by atoms with Gasteiger partial charge in [0, 0.05) is 33.2 Å². The quantitative estimate of drug-likeness (QED) is 0.489. The molecule has 0 aliphatic carbocycles. The van der Waals surface area contributed by atoms with Crippen molar-refractivity contribution in [3.8, 4) is 5.75 Å². The van der Waals surface area contributed by atoms with Crippen molar-refractivity contribution in [3.05, 3.63) is 41.5 Å². The molecule has 1 atom stereocenters. The highest BCUT2D eigenvalue weighted by molar-refractivity contribution is 5.79. The summed E-state index contributed by atoms with van der Waals surface area (Å²) in [7, 11) is 5.81. The number of hydrogen-bond donors (Lipinski definition) is 1. The Morgan fingerprint density at radius 2 is 2.06 bits per heavy atom. The number of aliphatic imine (C=N–C) groups is 1. The average Bonchev–Trinajstić information content (AvgIpc) is 3.37. The molecule has 1 aliphatic rings. The molecule has 2 aromatic rings. The van der Waals surface area contributed by atoms with Crippen molar-refractivity contribution in [1.82, 2.24) is 29.9 Å². The zero-order valence-electron chi connectivity index (χ0n) is 19.6. The van der Waals surface area contributed by atoms with Crippen molar-refractivity contribution in [1.29, 1.82) is 0 Å². The second kappa shape index (κ2) is 11.1. The van der Waals surface area contributed by atoms with Crippen LogP contribution in [0.4, 0.5) is 0 Å². The lowest BCUT2D eigenvalue weighted by molar-refractivity contribution is 0.232. The van der Waals surface area contributed by atoms with E-state index in [0.717, 1.165) is 49.4 Å². The van der Waals surface area contributed by atoms with Crippen LogP contribution in [0.2, 0.25) is 0 Å². The summed E-state index contributed by atoms with van der Waals surface area (Å²) >= 11 is 0. The molecule has 31 heavy (non-hydrogen) atoms. The number of nitrogens with one attached hydrogen (secondary N) is 1. The SMILES string of the molecule is CCN1CCCC1CN(C)C(=NCc1nnc(C)n1C)NCCc1ccc(OC)cc1. The lowest BCUT2D eigenvalue weighted by Crippen LogP contribution is -2.46. The van der Waals surface area contributed by atoms with E-state index in [0.29, 0.717) is 12.6 Å². The topological polar surface area (TPSA) is 70.8 Å². The third-order valence-corrected chi connectivity index (χ3v) is 6.16. The van der Waals surface area contributed by atoms with Crippen molar-refractivity contribution in [2.45, 2.75) is 45.7 Å². The Morgan fingerprint density at radius 3 is 2.71 bits per heavy atom. The zero-order valence-corrected chi connectivity index (χ0v) is 19.6. The van der Waals surface area contributed by atoms with Gasteiger partial charge in [-0.05, 0) is 57.0 Å². The minimum absolute atomic E-state index is 0.509. The number of rotatable bonds is 9. The first-order valence-electron chi connectivity index (χ1n) is 11.2. The van der Waals surface area contributed by atoms with Gasteiger partial charge in [-0.25, -0.2) is 4.99 Å². The Bertz CT molecular complexity index is 846. The fourth-order valence-electron chi connectivity index (χ4n) is 4.08. The van der Waals surface area contributed by atoms with Crippen molar-refractivity contribution >= 4 is 5.96 Å². The smallest absolute Gasteiger partial charge is 0.194 e. The van der Waals surface area contributed by atoms with Gasteiger partial charge in [-0.15, -0.1) is 10.2 Å². The second-order valence-corrected chi connectivity index (χ2v) is 8.19. The van der Waals surface area contributed by atoms with Gasteiger partial charge in [0.2, 0.25) is 0 Å². The van der Waals surface area contributed by atoms with E-state index in [1.54, 1.807) is 7.11 Å². The van der Waals surface area contributed by atoms with Crippen LogP contribution >= 0.6 is 0 Å². The number of hydrogen-bond acceptors (Lipinski definition) is 5. The summed E-state index contributed by atoms with van der Waals surface area (Å²) in [5.74, 6) is 3.57. The molecule has 1 fully saturated rings. The predicted octanol–water partition coefficient (Wildman–Crippen LogP) is 2.24. The number of benzene rings is 1. The van der Waals surface area contributed by atoms with Gasteiger partial charge in [-0.3, -0.25) is 4.90 Å². The molecule has 1 aliphatic heterocycles. The minimum Gasteiger partial charge on any atom is -0.497 e. The van der Waals surface area contributed by atoms with Crippen molar-refractivity contribution in [2.24, 2.45) is 12.0 Å². The average molecular weight is 428 g/mol. The first-order chi connectivity index (χ1) is 15.0. The molecule has 1 aromatic heterocycles. The van der Waals surface area contributed by atoms with Crippen LogP contribution < -0.4 is 10.1 Å². The number of ether oxygens (including phenoxy) is 1. The van der Waals surface area contributed by atoms with E-state index in [4.69, 9.17) is 9.73 Å². The fourth-order valence-corrected chi connectivity index (χ4v) is 4.08. The van der Waals surface area contributed by atoms with E-state index in [-0.39, 0.29) is 0 Å². The molecule has 2 heterocycles. The van der Waals surface area contributed by atoms with Crippen LogP contribution in [0.3, 0.4) is 0 Å². The highest BCUT2D eigenvalue weighted by atomic mass is 16.5. The van der Waals surface area contributed by atoms with Crippen molar-refractivity contribution in [3.63, 3.8) is 0 Å². The molecule has 0 bridgehead atoms. The van der Waals surface area contributed by atoms with Gasteiger partial charge >= 0.3 is 0 Å². The summed E-state index contributed by atoms with van der Waals surface area (Å²) in [5, 5.41) is 12.0. The normalized spacial score (nSPS) is 17.2. The van der Waals surface area contributed by atoms with Gasteiger partial charge in [0.05, 0.1) is 7.11 Å².